The van der Waals surface area contributed by atoms with Crippen molar-refractivity contribution in [2.75, 3.05) is 39.8 Å². The van der Waals surface area contributed by atoms with Gasteiger partial charge in [0.1, 0.15) is 0 Å². The number of halogens is 1. The quantitative estimate of drug-likeness (QED) is 0.343. The third kappa shape index (κ3) is 7.19. The lowest BCUT2D eigenvalue weighted by atomic mass is 10.1. The van der Waals surface area contributed by atoms with Crippen LogP contribution < -0.4 is 10.6 Å². The Morgan fingerprint density at radius 3 is 2.54 bits per heavy atom. The average molecular weight is 499 g/mol. The molecule has 2 saturated heterocycles. The summed E-state index contributed by atoms with van der Waals surface area (Å²) < 4.78 is 0. The third-order valence-electron chi connectivity index (χ3n) is 5.92. The molecular weight excluding hydrogens is 461 g/mol. The Bertz CT molecular complexity index is 572. The van der Waals surface area contributed by atoms with Crippen LogP contribution in [-0.2, 0) is 6.54 Å². The van der Waals surface area contributed by atoms with Gasteiger partial charge >= 0.3 is 0 Å². The van der Waals surface area contributed by atoms with E-state index in [0.29, 0.717) is 12.1 Å². The second-order valence-corrected chi connectivity index (χ2v) is 7.97. The molecule has 1 aromatic rings. The summed E-state index contributed by atoms with van der Waals surface area (Å²) in [5.74, 6) is 0.968. The molecule has 3 rings (SSSR count). The molecule has 6 heteroatoms. The van der Waals surface area contributed by atoms with E-state index in [9.17, 15) is 0 Å². The molecule has 28 heavy (non-hydrogen) atoms. The van der Waals surface area contributed by atoms with E-state index in [1.807, 2.05) is 7.05 Å². The van der Waals surface area contributed by atoms with Gasteiger partial charge in [-0.15, -0.1) is 24.0 Å². The highest BCUT2D eigenvalue weighted by Gasteiger charge is 2.25. The third-order valence-corrected chi connectivity index (χ3v) is 5.92. The summed E-state index contributed by atoms with van der Waals surface area (Å²) in [4.78, 5) is 9.66. The number of hydrogen-bond donors (Lipinski definition) is 2. The molecule has 2 fully saturated rings. The lowest BCUT2D eigenvalue weighted by Crippen LogP contribution is -2.50. The minimum absolute atomic E-state index is 0. The SMILES string of the molecule is CCCN1CCC(NC(=NC)NCC2CCCN2Cc2ccccc2)CC1.I. The number of nitrogens with zero attached hydrogens (tertiary/aromatic N) is 3. The van der Waals surface area contributed by atoms with E-state index >= 15 is 0 Å². The number of hydrogen-bond acceptors (Lipinski definition) is 3. The fourth-order valence-electron chi connectivity index (χ4n) is 4.37. The van der Waals surface area contributed by atoms with Gasteiger partial charge in [-0.1, -0.05) is 37.3 Å². The predicted molar refractivity (Wildman–Crippen MR) is 130 cm³/mol. The average Bonchev–Trinajstić information content (AvgIpc) is 3.14. The van der Waals surface area contributed by atoms with E-state index in [-0.39, 0.29) is 24.0 Å². The van der Waals surface area contributed by atoms with Crippen molar-refractivity contribution < 1.29 is 0 Å². The zero-order valence-electron chi connectivity index (χ0n) is 17.6. The van der Waals surface area contributed by atoms with Crippen molar-refractivity contribution in [2.45, 2.75) is 57.7 Å². The summed E-state index contributed by atoms with van der Waals surface area (Å²) in [5, 5.41) is 7.24. The number of rotatable bonds is 7. The minimum Gasteiger partial charge on any atom is -0.355 e. The van der Waals surface area contributed by atoms with Gasteiger partial charge in [0.2, 0.25) is 0 Å². The van der Waals surface area contributed by atoms with Crippen LogP contribution in [0.3, 0.4) is 0 Å². The topological polar surface area (TPSA) is 42.9 Å². The molecule has 5 nitrogen and oxygen atoms in total. The van der Waals surface area contributed by atoms with Crippen molar-refractivity contribution in [3.8, 4) is 0 Å². The van der Waals surface area contributed by atoms with Gasteiger partial charge in [0.05, 0.1) is 0 Å². The first kappa shape index (κ1) is 23.4. The molecule has 0 bridgehead atoms. The molecule has 2 heterocycles. The van der Waals surface area contributed by atoms with Crippen LogP contribution in [0.4, 0.5) is 0 Å². The normalized spacial score (nSPS) is 22.1. The Morgan fingerprint density at radius 1 is 1.11 bits per heavy atom. The van der Waals surface area contributed by atoms with Crippen molar-refractivity contribution in [2.24, 2.45) is 4.99 Å². The minimum atomic E-state index is 0. The van der Waals surface area contributed by atoms with Crippen molar-refractivity contribution in [3.05, 3.63) is 35.9 Å². The summed E-state index contributed by atoms with van der Waals surface area (Å²) in [7, 11) is 1.89. The highest BCUT2D eigenvalue weighted by atomic mass is 127. The Balaban J connectivity index is 0.00000280. The smallest absolute Gasteiger partial charge is 0.191 e. The Hall–Kier alpha value is -0.860. The number of nitrogens with one attached hydrogen (secondary N) is 2. The zero-order chi connectivity index (χ0) is 18.9. The van der Waals surface area contributed by atoms with Crippen LogP contribution in [0.1, 0.15) is 44.6 Å². The van der Waals surface area contributed by atoms with Crippen molar-refractivity contribution >= 4 is 29.9 Å². The van der Waals surface area contributed by atoms with Crippen molar-refractivity contribution in [3.63, 3.8) is 0 Å². The summed E-state index contributed by atoms with van der Waals surface area (Å²) in [5.41, 5.74) is 1.41. The second kappa shape index (κ2) is 12.6. The number of aliphatic imine (C=N–C) groups is 1. The van der Waals surface area contributed by atoms with Gasteiger partial charge in [-0.3, -0.25) is 9.89 Å². The molecule has 0 aromatic heterocycles. The van der Waals surface area contributed by atoms with Gasteiger partial charge < -0.3 is 15.5 Å². The standard InChI is InChI=1S/C22H37N5.HI/c1-3-13-26-15-11-20(12-16-26)25-22(23-2)24-17-21-10-7-14-27(21)18-19-8-5-4-6-9-19;/h4-6,8-9,20-21H,3,7,10-18H2,1-2H3,(H2,23,24,25);1H. The maximum atomic E-state index is 4.47. The van der Waals surface area contributed by atoms with Crippen LogP contribution in [0.5, 0.6) is 0 Å². The monoisotopic (exact) mass is 499 g/mol. The molecule has 0 saturated carbocycles. The molecule has 158 valence electrons. The van der Waals surface area contributed by atoms with E-state index in [2.05, 4.69) is 62.7 Å². The van der Waals surface area contributed by atoms with Gasteiger partial charge in [0.25, 0.3) is 0 Å². The van der Waals surface area contributed by atoms with Crippen LogP contribution in [-0.4, -0.2) is 67.6 Å². The predicted octanol–water partition coefficient (Wildman–Crippen LogP) is 3.31. The highest BCUT2D eigenvalue weighted by Crippen LogP contribution is 2.19. The first-order valence-corrected chi connectivity index (χ1v) is 10.8. The maximum absolute atomic E-state index is 4.47. The summed E-state index contributed by atoms with van der Waals surface area (Å²) >= 11 is 0. The maximum Gasteiger partial charge on any atom is 0.191 e. The molecular formula is C22H38IN5. The largest absolute Gasteiger partial charge is 0.355 e. The molecule has 0 amide bonds. The van der Waals surface area contributed by atoms with Gasteiger partial charge in [-0.05, 0) is 50.8 Å². The summed E-state index contributed by atoms with van der Waals surface area (Å²) in [6, 6.07) is 12.0. The van der Waals surface area contributed by atoms with E-state index in [0.717, 1.165) is 19.0 Å². The van der Waals surface area contributed by atoms with Crippen molar-refractivity contribution in [1.29, 1.82) is 0 Å². The molecule has 2 N–H and O–H groups in total. The summed E-state index contributed by atoms with van der Waals surface area (Å²) in [6.45, 7) is 9.13. The number of benzene rings is 1. The van der Waals surface area contributed by atoms with Crippen LogP contribution >= 0.6 is 24.0 Å². The van der Waals surface area contributed by atoms with E-state index < -0.39 is 0 Å². The Labute approximate surface area is 188 Å². The molecule has 2 aliphatic rings. The van der Waals surface area contributed by atoms with Crippen LogP contribution in [0, 0.1) is 0 Å². The number of piperidine rings is 1. The van der Waals surface area contributed by atoms with Crippen LogP contribution in [0.15, 0.2) is 35.3 Å². The molecule has 1 aromatic carbocycles. The second-order valence-electron chi connectivity index (χ2n) is 7.97. The molecule has 2 aliphatic heterocycles. The number of likely N-dealkylation sites (tertiary alicyclic amines) is 2. The van der Waals surface area contributed by atoms with Gasteiger partial charge in [0, 0.05) is 45.3 Å². The lowest BCUT2D eigenvalue weighted by Gasteiger charge is -2.33. The fraction of sp³-hybridized carbons (Fsp3) is 0.682. The van der Waals surface area contributed by atoms with Crippen molar-refractivity contribution in [1.82, 2.24) is 20.4 Å². The van der Waals surface area contributed by atoms with E-state index in [4.69, 9.17) is 0 Å². The zero-order valence-corrected chi connectivity index (χ0v) is 19.9. The van der Waals surface area contributed by atoms with Crippen LogP contribution in [0.25, 0.3) is 0 Å². The molecule has 0 radical (unpaired) electrons. The fourth-order valence-corrected chi connectivity index (χ4v) is 4.37. The molecule has 1 unspecified atom stereocenters. The molecule has 0 spiro atoms. The first-order chi connectivity index (χ1) is 13.3. The number of guanidine groups is 1. The first-order valence-electron chi connectivity index (χ1n) is 10.8. The van der Waals surface area contributed by atoms with E-state index in [1.165, 1.54) is 63.8 Å². The van der Waals surface area contributed by atoms with Gasteiger partial charge in [-0.25, -0.2) is 0 Å². The summed E-state index contributed by atoms with van der Waals surface area (Å²) in [6.07, 6.45) is 6.24. The van der Waals surface area contributed by atoms with Gasteiger partial charge in [-0.2, -0.15) is 0 Å². The van der Waals surface area contributed by atoms with E-state index in [1.54, 1.807) is 0 Å². The van der Waals surface area contributed by atoms with Gasteiger partial charge in [0.15, 0.2) is 5.96 Å². The Morgan fingerprint density at radius 2 is 1.86 bits per heavy atom. The molecule has 1 atom stereocenters. The Kier molecular flexibility index (Phi) is 10.6. The highest BCUT2D eigenvalue weighted by molar-refractivity contribution is 14.0. The lowest BCUT2D eigenvalue weighted by molar-refractivity contribution is 0.206. The molecule has 0 aliphatic carbocycles. The van der Waals surface area contributed by atoms with Crippen LogP contribution in [0.2, 0.25) is 0 Å².